The lowest BCUT2D eigenvalue weighted by Gasteiger charge is -2.29. The van der Waals surface area contributed by atoms with E-state index < -0.39 is 0 Å². The topological polar surface area (TPSA) is 37.3 Å². The first-order valence-corrected chi connectivity index (χ1v) is 6.33. The van der Waals surface area contributed by atoms with Gasteiger partial charge in [-0.15, -0.1) is 0 Å². The Morgan fingerprint density at radius 2 is 1.56 bits per heavy atom. The van der Waals surface area contributed by atoms with Gasteiger partial charge in [0.1, 0.15) is 12.0 Å². The van der Waals surface area contributed by atoms with Crippen molar-refractivity contribution in [3.05, 3.63) is 28.3 Å². The first kappa shape index (κ1) is 14.7. The van der Waals surface area contributed by atoms with Crippen molar-refractivity contribution in [3.8, 4) is 5.75 Å². The fourth-order valence-corrected chi connectivity index (χ4v) is 2.49. The van der Waals surface area contributed by atoms with E-state index in [2.05, 4.69) is 20.8 Å². The number of carbonyl (C=O) groups excluding carboxylic acids is 1. The molecular weight excluding hydrogens is 224 g/mol. The van der Waals surface area contributed by atoms with Crippen LogP contribution < -0.4 is 0 Å². The summed E-state index contributed by atoms with van der Waals surface area (Å²) in [7, 11) is 0. The molecule has 1 rings (SSSR count). The second-order valence-electron chi connectivity index (χ2n) is 6.98. The molecule has 0 bridgehead atoms. The van der Waals surface area contributed by atoms with Gasteiger partial charge in [-0.1, -0.05) is 41.5 Å². The minimum absolute atomic E-state index is 0.159. The van der Waals surface area contributed by atoms with Crippen LogP contribution in [-0.4, -0.2) is 11.4 Å². The molecule has 0 radical (unpaired) electrons. The van der Waals surface area contributed by atoms with Crippen molar-refractivity contribution in [2.75, 3.05) is 0 Å². The fraction of sp³-hybridized carbons (Fsp3) is 0.562. The molecule has 100 valence electrons. The smallest absolute Gasteiger partial charge is 0.150 e. The van der Waals surface area contributed by atoms with E-state index in [0.29, 0.717) is 11.3 Å². The first-order valence-electron chi connectivity index (χ1n) is 6.33. The average Bonchev–Trinajstić information content (AvgIpc) is 2.17. The molecule has 0 aliphatic rings. The number of hydrogen-bond acceptors (Lipinski definition) is 2. The monoisotopic (exact) mass is 248 g/mol. The van der Waals surface area contributed by atoms with Crippen LogP contribution in [0.1, 0.15) is 68.6 Å². The number of phenols is 1. The number of benzene rings is 1. The Labute approximate surface area is 110 Å². The average molecular weight is 248 g/mol. The molecule has 0 saturated heterocycles. The molecule has 0 atom stereocenters. The highest BCUT2D eigenvalue weighted by molar-refractivity contribution is 5.80. The van der Waals surface area contributed by atoms with Crippen LogP contribution >= 0.6 is 0 Å². The molecule has 1 aromatic carbocycles. The van der Waals surface area contributed by atoms with Crippen molar-refractivity contribution in [2.45, 2.75) is 59.3 Å². The summed E-state index contributed by atoms with van der Waals surface area (Å²) in [6.45, 7) is 14.2. The molecule has 0 fully saturated rings. The van der Waals surface area contributed by atoms with Crippen LogP contribution in [0.2, 0.25) is 0 Å². The third kappa shape index (κ3) is 2.58. The van der Waals surface area contributed by atoms with Crippen molar-refractivity contribution < 1.29 is 9.90 Å². The molecule has 18 heavy (non-hydrogen) atoms. The maximum absolute atomic E-state index is 11.3. The number of hydrogen-bond donors (Lipinski definition) is 1. The maximum atomic E-state index is 11.3. The molecule has 0 aliphatic carbocycles. The van der Waals surface area contributed by atoms with E-state index in [0.717, 1.165) is 23.0 Å². The van der Waals surface area contributed by atoms with Crippen LogP contribution in [0.25, 0.3) is 0 Å². The standard InChI is InChI=1S/C16H24O2/c1-10-13(16(5,6)7)11(9-17)8-12(14(10)18)15(2,3)4/h8-9,18H,1-7H3. The molecule has 1 N–H and O–H groups in total. The first-order chi connectivity index (χ1) is 8.00. The Hall–Kier alpha value is -1.31. The van der Waals surface area contributed by atoms with Crippen LogP contribution in [0.5, 0.6) is 5.75 Å². The number of carbonyl (C=O) groups is 1. The molecule has 0 spiro atoms. The lowest BCUT2D eigenvalue weighted by Crippen LogP contribution is -2.20. The van der Waals surface area contributed by atoms with E-state index in [1.54, 1.807) is 0 Å². The molecular formula is C16H24O2. The van der Waals surface area contributed by atoms with Gasteiger partial charge in [-0.25, -0.2) is 0 Å². The highest BCUT2D eigenvalue weighted by Crippen LogP contribution is 2.40. The molecule has 2 heteroatoms. The third-order valence-electron chi connectivity index (χ3n) is 3.26. The van der Waals surface area contributed by atoms with Crippen molar-refractivity contribution in [1.82, 2.24) is 0 Å². The molecule has 0 amide bonds. The molecule has 0 heterocycles. The quantitative estimate of drug-likeness (QED) is 0.759. The summed E-state index contributed by atoms with van der Waals surface area (Å²) in [5.41, 5.74) is 2.93. The van der Waals surface area contributed by atoms with E-state index >= 15 is 0 Å². The Morgan fingerprint density at radius 1 is 1.06 bits per heavy atom. The van der Waals surface area contributed by atoms with E-state index in [-0.39, 0.29) is 10.8 Å². The zero-order valence-corrected chi connectivity index (χ0v) is 12.5. The minimum Gasteiger partial charge on any atom is -0.507 e. The summed E-state index contributed by atoms with van der Waals surface area (Å²) in [6.07, 6.45) is 0.891. The zero-order chi connectivity index (χ0) is 14.3. The molecule has 0 aliphatic heterocycles. The summed E-state index contributed by atoms with van der Waals surface area (Å²) >= 11 is 0. The van der Waals surface area contributed by atoms with E-state index in [1.165, 1.54) is 0 Å². The van der Waals surface area contributed by atoms with Crippen LogP contribution in [-0.2, 0) is 10.8 Å². The predicted octanol–water partition coefficient (Wildman–Crippen LogP) is 4.11. The summed E-state index contributed by atoms with van der Waals surface area (Å²) in [5, 5.41) is 10.4. The van der Waals surface area contributed by atoms with Gasteiger partial charge in [0.15, 0.2) is 0 Å². The largest absolute Gasteiger partial charge is 0.507 e. The van der Waals surface area contributed by atoms with Gasteiger partial charge in [-0.2, -0.15) is 0 Å². The van der Waals surface area contributed by atoms with Crippen LogP contribution in [0.4, 0.5) is 0 Å². The van der Waals surface area contributed by atoms with E-state index in [4.69, 9.17) is 0 Å². The Kier molecular flexibility index (Phi) is 3.62. The Balaban J connectivity index is 3.71. The van der Waals surface area contributed by atoms with Crippen LogP contribution in [0.15, 0.2) is 6.07 Å². The zero-order valence-electron chi connectivity index (χ0n) is 12.5. The van der Waals surface area contributed by atoms with Crippen molar-refractivity contribution >= 4 is 6.29 Å². The molecule has 1 aromatic rings. The van der Waals surface area contributed by atoms with E-state index in [1.807, 2.05) is 33.8 Å². The summed E-state index contributed by atoms with van der Waals surface area (Å²) in [4.78, 5) is 11.3. The van der Waals surface area contributed by atoms with Gasteiger partial charge in [0, 0.05) is 11.1 Å². The van der Waals surface area contributed by atoms with Crippen molar-refractivity contribution in [2.24, 2.45) is 0 Å². The molecule has 2 nitrogen and oxygen atoms in total. The van der Waals surface area contributed by atoms with Crippen LogP contribution in [0, 0.1) is 6.92 Å². The highest BCUT2D eigenvalue weighted by atomic mass is 16.3. The third-order valence-corrected chi connectivity index (χ3v) is 3.26. The second kappa shape index (κ2) is 4.42. The van der Waals surface area contributed by atoms with Crippen LogP contribution in [0.3, 0.4) is 0 Å². The van der Waals surface area contributed by atoms with Gasteiger partial charge in [-0.05, 0) is 34.9 Å². The molecule has 0 aromatic heterocycles. The van der Waals surface area contributed by atoms with E-state index in [9.17, 15) is 9.90 Å². The predicted molar refractivity (Wildman–Crippen MR) is 75.6 cm³/mol. The molecule has 0 unspecified atom stereocenters. The van der Waals surface area contributed by atoms with Gasteiger partial charge in [-0.3, -0.25) is 4.79 Å². The van der Waals surface area contributed by atoms with Gasteiger partial charge in [0.05, 0.1) is 0 Å². The normalized spacial score (nSPS) is 12.6. The SMILES string of the molecule is Cc1c(O)c(C(C)(C)C)cc(C=O)c1C(C)(C)C. The summed E-state index contributed by atoms with van der Waals surface area (Å²) in [5.74, 6) is 0.318. The Bertz CT molecular complexity index is 471. The van der Waals surface area contributed by atoms with Crippen molar-refractivity contribution in [1.29, 1.82) is 0 Å². The fourth-order valence-electron chi connectivity index (χ4n) is 2.49. The molecule has 0 saturated carbocycles. The maximum Gasteiger partial charge on any atom is 0.150 e. The van der Waals surface area contributed by atoms with Gasteiger partial charge in [0.2, 0.25) is 0 Å². The lowest BCUT2D eigenvalue weighted by atomic mass is 9.76. The van der Waals surface area contributed by atoms with Gasteiger partial charge >= 0.3 is 0 Å². The van der Waals surface area contributed by atoms with Gasteiger partial charge in [0.25, 0.3) is 0 Å². The van der Waals surface area contributed by atoms with Crippen molar-refractivity contribution in [3.63, 3.8) is 0 Å². The number of phenolic OH excluding ortho intramolecular Hbond substituents is 1. The highest BCUT2D eigenvalue weighted by Gasteiger charge is 2.27. The number of aldehydes is 1. The van der Waals surface area contributed by atoms with Gasteiger partial charge < -0.3 is 5.11 Å². The Morgan fingerprint density at radius 3 is 1.89 bits per heavy atom. The number of aromatic hydroxyl groups is 1. The summed E-state index contributed by atoms with van der Waals surface area (Å²) < 4.78 is 0. The number of rotatable bonds is 1. The lowest BCUT2D eigenvalue weighted by molar-refractivity contribution is 0.112. The minimum atomic E-state index is -0.178. The second-order valence-corrected chi connectivity index (χ2v) is 6.98. The summed E-state index contributed by atoms with van der Waals surface area (Å²) in [6, 6.07) is 1.83.